The molecule has 0 aliphatic carbocycles. The molecule has 56 valence electrons. The molecule has 0 atom stereocenters. The van der Waals surface area contributed by atoms with Gasteiger partial charge in [0.2, 0.25) is 11.9 Å². The van der Waals surface area contributed by atoms with Crippen LogP contribution >= 0.6 is 0 Å². The SMILES string of the molecule is C=C/[N+](O)=C(/C)C=C(C)C. The van der Waals surface area contributed by atoms with Crippen molar-refractivity contribution in [1.82, 2.24) is 0 Å². The second-order valence-corrected chi connectivity index (χ2v) is 2.39. The van der Waals surface area contributed by atoms with Gasteiger partial charge in [0.15, 0.2) is 0 Å². The summed E-state index contributed by atoms with van der Waals surface area (Å²) in [5, 5.41) is 9.01. The van der Waals surface area contributed by atoms with E-state index < -0.39 is 0 Å². The summed E-state index contributed by atoms with van der Waals surface area (Å²) in [5.41, 5.74) is 1.92. The van der Waals surface area contributed by atoms with Crippen LogP contribution in [0.2, 0.25) is 0 Å². The van der Waals surface area contributed by atoms with Crippen LogP contribution in [0.5, 0.6) is 0 Å². The van der Waals surface area contributed by atoms with Gasteiger partial charge in [0.25, 0.3) is 0 Å². The van der Waals surface area contributed by atoms with Crippen LogP contribution < -0.4 is 0 Å². The van der Waals surface area contributed by atoms with Crippen molar-refractivity contribution < 1.29 is 9.95 Å². The Balaban J connectivity index is 4.48. The van der Waals surface area contributed by atoms with Crippen molar-refractivity contribution in [3.05, 3.63) is 24.4 Å². The van der Waals surface area contributed by atoms with Crippen molar-refractivity contribution in [1.29, 1.82) is 0 Å². The minimum Gasteiger partial charge on any atom is -0.285 e. The van der Waals surface area contributed by atoms with E-state index in [2.05, 4.69) is 6.58 Å². The number of hydrogen-bond donors (Lipinski definition) is 1. The highest BCUT2D eigenvalue weighted by atomic mass is 16.5. The second-order valence-electron chi connectivity index (χ2n) is 2.39. The van der Waals surface area contributed by atoms with Crippen LogP contribution in [0.1, 0.15) is 20.8 Å². The highest BCUT2D eigenvalue weighted by Gasteiger charge is 1.98. The summed E-state index contributed by atoms with van der Waals surface area (Å²) in [4.78, 5) is 0. The summed E-state index contributed by atoms with van der Waals surface area (Å²) < 4.78 is 0.993. The van der Waals surface area contributed by atoms with Crippen LogP contribution in [0.15, 0.2) is 24.4 Å². The van der Waals surface area contributed by atoms with Gasteiger partial charge in [0.1, 0.15) is 0 Å². The van der Waals surface area contributed by atoms with Gasteiger partial charge in [-0.15, -0.1) is 0 Å². The Morgan fingerprint density at radius 1 is 1.40 bits per heavy atom. The fourth-order valence-electron chi connectivity index (χ4n) is 0.628. The molecule has 0 bridgehead atoms. The van der Waals surface area contributed by atoms with E-state index in [1.54, 1.807) is 0 Å². The molecule has 2 nitrogen and oxygen atoms in total. The van der Waals surface area contributed by atoms with Crippen molar-refractivity contribution in [2.45, 2.75) is 20.8 Å². The van der Waals surface area contributed by atoms with Crippen LogP contribution in [0.25, 0.3) is 0 Å². The van der Waals surface area contributed by atoms with Gasteiger partial charge in [-0.05, 0) is 20.4 Å². The Hall–Kier alpha value is -1.05. The second kappa shape index (κ2) is 3.88. The number of nitrogens with zero attached hydrogens (tertiary/aromatic N) is 1. The molecule has 0 aromatic heterocycles. The smallest absolute Gasteiger partial charge is 0.230 e. The van der Waals surface area contributed by atoms with Crippen LogP contribution in [-0.4, -0.2) is 15.7 Å². The third-order valence-electron chi connectivity index (χ3n) is 1.03. The first-order valence-corrected chi connectivity index (χ1v) is 3.17. The molecule has 0 fully saturated rings. The van der Waals surface area contributed by atoms with E-state index >= 15 is 0 Å². The first-order valence-electron chi connectivity index (χ1n) is 3.17. The van der Waals surface area contributed by atoms with Crippen LogP contribution in [0.4, 0.5) is 0 Å². The quantitative estimate of drug-likeness (QED) is 0.269. The number of rotatable bonds is 2. The zero-order valence-corrected chi connectivity index (χ0v) is 6.76. The molecule has 0 aromatic rings. The molecule has 0 spiro atoms. The fraction of sp³-hybridized carbons (Fsp3) is 0.375. The lowest BCUT2D eigenvalue weighted by Gasteiger charge is -1.87. The maximum atomic E-state index is 9.01. The molecule has 0 rings (SSSR count). The third-order valence-corrected chi connectivity index (χ3v) is 1.03. The summed E-state index contributed by atoms with van der Waals surface area (Å²) in [6, 6.07) is 0. The molecule has 0 amide bonds. The van der Waals surface area contributed by atoms with Crippen LogP contribution in [0, 0.1) is 0 Å². The minimum absolute atomic E-state index is 0.773. The Morgan fingerprint density at radius 2 is 1.90 bits per heavy atom. The van der Waals surface area contributed by atoms with E-state index in [0.29, 0.717) is 0 Å². The minimum atomic E-state index is 0.773. The first-order chi connectivity index (χ1) is 4.57. The average Bonchev–Trinajstić information content (AvgIpc) is 1.85. The van der Waals surface area contributed by atoms with Gasteiger partial charge >= 0.3 is 0 Å². The highest BCUT2D eigenvalue weighted by molar-refractivity contribution is 5.88. The van der Waals surface area contributed by atoms with Crippen LogP contribution in [0.3, 0.4) is 0 Å². The molecule has 2 heteroatoms. The van der Waals surface area contributed by atoms with Gasteiger partial charge < -0.3 is 0 Å². The zero-order chi connectivity index (χ0) is 8.15. The lowest BCUT2D eigenvalue weighted by Crippen LogP contribution is -2.05. The van der Waals surface area contributed by atoms with Gasteiger partial charge in [0, 0.05) is 17.7 Å². The molecule has 1 N–H and O–H groups in total. The number of hydrogen-bond acceptors (Lipinski definition) is 1. The monoisotopic (exact) mass is 140 g/mol. The van der Waals surface area contributed by atoms with Crippen molar-refractivity contribution in [3.63, 3.8) is 0 Å². The molecule has 0 heterocycles. The molecule has 0 aliphatic heterocycles. The molecule has 0 aliphatic rings. The van der Waals surface area contributed by atoms with E-state index in [-0.39, 0.29) is 0 Å². The Morgan fingerprint density at radius 3 is 2.20 bits per heavy atom. The summed E-state index contributed by atoms with van der Waals surface area (Å²) in [6.07, 6.45) is 3.23. The summed E-state index contributed by atoms with van der Waals surface area (Å²) in [7, 11) is 0. The molecule has 10 heavy (non-hydrogen) atoms. The van der Waals surface area contributed by atoms with Crippen LogP contribution in [-0.2, 0) is 0 Å². The summed E-state index contributed by atoms with van der Waals surface area (Å²) in [6.45, 7) is 9.17. The average molecular weight is 140 g/mol. The predicted octanol–water partition coefficient (Wildman–Crippen LogP) is 1.96. The van der Waals surface area contributed by atoms with Gasteiger partial charge in [0.05, 0.1) is 0 Å². The van der Waals surface area contributed by atoms with Gasteiger partial charge in [-0.3, -0.25) is 5.21 Å². The Bertz CT molecular complexity index is 185. The summed E-state index contributed by atoms with van der Waals surface area (Å²) >= 11 is 0. The topological polar surface area (TPSA) is 23.2 Å². The van der Waals surface area contributed by atoms with Crippen molar-refractivity contribution >= 4 is 5.71 Å². The number of allylic oxidation sites excluding steroid dienone is 2. The standard InChI is InChI=1S/C8H14NO/c1-5-9(10)8(4)6-7(2)3/h5-6,10H,1H2,2-4H3/q+1/b9-8+. The maximum Gasteiger partial charge on any atom is 0.230 e. The Labute approximate surface area is 61.8 Å². The van der Waals surface area contributed by atoms with E-state index in [1.165, 1.54) is 6.20 Å². The molecular formula is C8H14NO+. The Kier molecular flexibility index (Phi) is 3.47. The first kappa shape index (κ1) is 8.95. The summed E-state index contributed by atoms with van der Waals surface area (Å²) in [5.74, 6) is 0. The zero-order valence-electron chi connectivity index (χ0n) is 6.76. The van der Waals surface area contributed by atoms with Crippen molar-refractivity contribution in [2.24, 2.45) is 0 Å². The third kappa shape index (κ3) is 3.07. The normalized spacial score (nSPS) is 11.9. The lowest BCUT2D eigenvalue weighted by molar-refractivity contribution is -0.724. The molecule has 0 radical (unpaired) electrons. The van der Waals surface area contributed by atoms with Crippen molar-refractivity contribution in [3.8, 4) is 0 Å². The molecule has 0 saturated heterocycles. The van der Waals surface area contributed by atoms with Gasteiger partial charge in [-0.25, -0.2) is 0 Å². The molecule has 0 unspecified atom stereocenters. The van der Waals surface area contributed by atoms with E-state index in [4.69, 9.17) is 5.21 Å². The lowest BCUT2D eigenvalue weighted by atomic mass is 10.2. The largest absolute Gasteiger partial charge is 0.285 e. The van der Waals surface area contributed by atoms with E-state index in [9.17, 15) is 0 Å². The van der Waals surface area contributed by atoms with Gasteiger partial charge in [-0.2, -0.15) is 0 Å². The fourth-order valence-corrected chi connectivity index (χ4v) is 0.628. The van der Waals surface area contributed by atoms with E-state index in [0.717, 1.165) is 16.0 Å². The highest BCUT2D eigenvalue weighted by Crippen LogP contribution is 1.89. The van der Waals surface area contributed by atoms with E-state index in [1.807, 2.05) is 26.8 Å². The van der Waals surface area contributed by atoms with Crippen molar-refractivity contribution in [2.75, 3.05) is 0 Å². The molecular weight excluding hydrogens is 126 g/mol. The number of hydroxylamine groups is 1. The molecule has 0 saturated carbocycles. The molecule has 0 aromatic carbocycles. The predicted molar refractivity (Wildman–Crippen MR) is 42.4 cm³/mol. The maximum absolute atomic E-state index is 9.01. The van der Waals surface area contributed by atoms with Gasteiger partial charge in [-0.1, -0.05) is 5.57 Å².